The molecule has 0 spiro atoms. The zero-order valence-corrected chi connectivity index (χ0v) is 7.50. The van der Waals surface area contributed by atoms with Crippen LogP contribution in [0.1, 0.15) is 0 Å². The van der Waals surface area contributed by atoms with Gasteiger partial charge in [0.15, 0.2) is 0 Å². The van der Waals surface area contributed by atoms with E-state index in [0.717, 1.165) is 0 Å². The van der Waals surface area contributed by atoms with Crippen molar-refractivity contribution in [2.45, 2.75) is 0 Å². The van der Waals surface area contributed by atoms with Crippen LogP contribution in [0.5, 0.6) is 0 Å². The van der Waals surface area contributed by atoms with Gasteiger partial charge in [-0.05, 0) is 0 Å². The normalized spacial score (nSPS) is 10.5. The van der Waals surface area contributed by atoms with Crippen molar-refractivity contribution in [3.8, 4) is 0 Å². The predicted octanol–water partition coefficient (Wildman–Crippen LogP) is -1.56. The maximum Gasteiger partial charge on any atom is 0.316 e. The van der Waals surface area contributed by atoms with Crippen molar-refractivity contribution >= 4 is 63.5 Å². The Kier molecular flexibility index (Phi) is 11.3. The van der Waals surface area contributed by atoms with Crippen molar-refractivity contribution in [2.24, 2.45) is 0 Å². The van der Waals surface area contributed by atoms with Crippen molar-refractivity contribution < 1.29 is 26.6 Å². The summed E-state index contributed by atoms with van der Waals surface area (Å²) in [6.07, 6.45) is 0. The standard InChI is InChI=1S/Mg.2H2O3S2.2H/c;2*1-5(2,3)4;;/h;2*(H2,1,2,3,4);;. The van der Waals surface area contributed by atoms with Crippen molar-refractivity contribution in [2.75, 3.05) is 0 Å². The third-order valence-corrected chi connectivity index (χ3v) is 0. The van der Waals surface area contributed by atoms with Gasteiger partial charge in [0.05, 0.1) is 0 Å². The Bertz CT molecular complexity index is 211. The van der Waals surface area contributed by atoms with Gasteiger partial charge in [0.1, 0.15) is 0 Å². The van der Waals surface area contributed by atoms with E-state index in [4.69, 9.17) is 26.6 Å². The molecule has 11 heavy (non-hydrogen) atoms. The molecule has 0 rings (SSSR count). The molecule has 0 aromatic carbocycles. The summed E-state index contributed by atoms with van der Waals surface area (Å²) in [7, 11) is -7.67. The number of rotatable bonds is 0. The lowest BCUT2D eigenvalue weighted by Gasteiger charge is -1.73. The van der Waals surface area contributed by atoms with Gasteiger partial charge >= 0.3 is 23.1 Å². The average Bonchev–Trinajstić information content (AvgIpc) is 1.12. The van der Waals surface area contributed by atoms with Crippen LogP contribution in [0.15, 0.2) is 0 Å². The number of hydrogen-bond donors (Lipinski definition) is 4. The molecule has 0 aromatic rings. The minimum absolute atomic E-state index is 0. The largest absolute Gasteiger partial charge is 0.316 e. The molecule has 0 aliphatic heterocycles. The predicted molar refractivity (Wildman–Crippen MR) is 50.1 cm³/mol. The highest BCUT2D eigenvalue weighted by Gasteiger charge is 1.78. The van der Waals surface area contributed by atoms with Gasteiger partial charge in [-0.1, -0.05) is 0 Å². The molecule has 0 unspecified atom stereocenters. The molecule has 0 aliphatic carbocycles. The molecule has 0 fully saturated rings. The van der Waals surface area contributed by atoms with E-state index in [1.54, 1.807) is 0 Å². The van der Waals surface area contributed by atoms with Crippen LogP contribution >= 0.6 is 0 Å². The van der Waals surface area contributed by atoms with Gasteiger partial charge in [-0.15, -0.1) is 0 Å². The van der Waals surface area contributed by atoms with Crippen molar-refractivity contribution in [1.82, 2.24) is 0 Å². The first-order valence-electron chi connectivity index (χ1n) is 1.40. The highest BCUT2D eigenvalue weighted by Crippen LogP contribution is 1.62. The van der Waals surface area contributed by atoms with E-state index < -0.39 is 18.1 Å². The second-order valence-electron chi connectivity index (χ2n) is 0.896. The third kappa shape index (κ3) is 547. The van der Waals surface area contributed by atoms with Gasteiger partial charge < -0.3 is 0 Å². The minimum atomic E-state index is -3.83. The Hall–Kier alpha value is 1.35. The smallest absolute Gasteiger partial charge is 0.285 e. The van der Waals surface area contributed by atoms with Crippen LogP contribution in [0.2, 0.25) is 0 Å². The SMILES string of the molecule is O=S(O)(O)=S.O=S(O)(O)=S.[MgH2]. The first-order valence-corrected chi connectivity index (χ1v) is 6.19. The average molecular weight is 255 g/mol. The van der Waals surface area contributed by atoms with Crippen LogP contribution in [0.3, 0.4) is 0 Å². The fourth-order valence-corrected chi connectivity index (χ4v) is 0. The van der Waals surface area contributed by atoms with Crippen LogP contribution in [-0.4, -0.2) is 49.7 Å². The number of hydrogen-bond acceptors (Lipinski definition) is 4. The molecule has 0 aliphatic rings. The highest BCUT2D eigenvalue weighted by molar-refractivity contribution is 8.26. The highest BCUT2D eigenvalue weighted by atomic mass is 32.9. The first kappa shape index (κ1) is 18.2. The Morgan fingerprint density at radius 2 is 0.818 bits per heavy atom. The lowest BCUT2D eigenvalue weighted by atomic mass is 15.8. The molecule has 68 valence electrons. The Morgan fingerprint density at radius 3 is 0.818 bits per heavy atom. The Morgan fingerprint density at radius 1 is 0.818 bits per heavy atom. The minimum Gasteiger partial charge on any atom is -0.285 e. The molecular weight excluding hydrogens is 249 g/mol. The Labute approximate surface area is 89.6 Å². The molecule has 0 saturated carbocycles. The maximum atomic E-state index is 9.11. The molecule has 0 saturated heterocycles. The second kappa shape index (κ2) is 6.82. The molecule has 6 nitrogen and oxygen atoms in total. The summed E-state index contributed by atoms with van der Waals surface area (Å²) in [4.78, 5) is 0. The van der Waals surface area contributed by atoms with Crippen LogP contribution in [0.25, 0.3) is 0 Å². The zero-order chi connectivity index (χ0) is 9.00. The quantitative estimate of drug-likeness (QED) is 0.384. The molecule has 0 amide bonds. The summed E-state index contributed by atoms with van der Waals surface area (Å²) in [5.74, 6) is 0. The van der Waals surface area contributed by atoms with Crippen LogP contribution in [0, 0.1) is 0 Å². The van der Waals surface area contributed by atoms with Gasteiger partial charge in [-0.2, -0.15) is 8.42 Å². The van der Waals surface area contributed by atoms with Crippen LogP contribution in [0.4, 0.5) is 0 Å². The molecular formula is H6MgO6S4. The third-order valence-electron chi connectivity index (χ3n) is 0. The van der Waals surface area contributed by atoms with E-state index >= 15 is 0 Å². The van der Waals surface area contributed by atoms with Crippen molar-refractivity contribution in [3.63, 3.8) is 0 Å². The van der Waals surface area contributed by atoms with Gasteiger partial charge in [-0.3, -0.25) is 18.2 Å². The molecule has 4 N–H and O–H groups in total. The summed E-state index contributed by atoms with van der Waals surface area (Å²) < 4.78 is 47.9. The summed E-state index contributed by atoms with van der Waals surface area (Å²) in [6, 6.07) is 0. The van der Waals surface area contributed by atoms with Crippen molar-refractivity contribution in [3.05, 3.63) is 0 Å². The lowest BCUT2D eigenvalue weighted by Crippen LogP contribution is -1.86. The molecule has 0 radical (unpaired) electrons. The summed E-state index contributed by atoms with van der Waals surface area (Å²) in [6.45, 7) is 0. The summed E-state index contributed by atoms with van der Waals surface area (Å²) >= 11 is 6.93. The maximum absolute atomic E-state index is 9.11. The van der Waals surface area contributed by atoms with Crippen LogP contribution < -0.4 is 0 Å². The summed E-state index contributed by atoms with van der Waals surface area (Å²) in [5, 5.41) is 0. The molecule has 0 atom stereocenters. The fraction of sp³-hybridized carbons (Fsp3) is 0. The van der Waals surface area contributed by atoms with Crippen LogP contribution in [-0.2, 0) is 40.5 Å². The molecule has 0 bridgehead atoms. The topological polar surface area (TPSA) is 115 Å². The monoisotopic (exact) mass is 254 g/mol. The lowest BCUT2D eigenvalue weighted by molar-refractivity contribution is 0.448. The summed E-state index contributed by atoms with van der Waals surface area (Å²) in [5.41, 5.74) is 0. The first-order chi connectivity index (χ1) is 4.00. The van der Waals surface area contributed by atoms with E-state index in [1.807, 2.05) is 0 Å². The van der Waals surface area contributed by atoms with Gasteiger partial charge in [0.2, 0.25) is 0 Å². The van der Waals surface area contributed by atoms with E-state index in [2.05, 4.69) is 22.4 Å². The van der Waals surface area contributed by atoms with Crippen molar-refractivity contribution in [1.29, 1.82) is 0 Å². The van der Waals surface area contributed by atoms with E-state index in [0.29, 0.717) is 0 Å². The van der Waals surface area contributed by atoms with E-state index in [-0.39, 0.29) is 23.1 Å². The zero-order valence-electron chi connectivity index (χ0n) is 4.24. The van der Waals surface area contributed by atoms with E-state index in [9.17, 15) is 0 Å². The molecule has 0 aromatic heterocycles. The van der Waals surface area contributed by atoms with Gasteiger partial charge in [0, 0.05) is 22.4 Å². The van der Waals surface area contributed by atoms with Gasteiger partial charge in [0.25, 0.3) is 18.1 Å². The molecule has 0 heterocycles. The van der Waals surface area contributed by atoms with E-state index in [1.165, 1.54) is 0 Å². The fourth-order valence-electron chi connectivity index (χ4n) is 0. The Balaban J connectivity index is -0.000000107. The second-order valence-corrected chi connectivity index (χ2v) is 5.29. The molecule has 11 heteroatoms. The van der Waals surface area contributed by atoms with Gasteiger partial charge in [-0.25, -0.2) is 0 Å².